The molecule has 2 aromatic carbocycles. The zero-order chi connectivity index (χ0) is 24.0. The van der Waals surface area contributed by atoms with Gasteiger partial charge in [-0.3, -0.25) is 19.2 Å². The molecule has 0 unspecified atom stereocenters. The number of aryl methyl sites for hydroxylation is 1. The van der Waals surface area contributed by atoms with E-state index in [1.54, 1.807) is 49.4 Å². The van der Waals surface area contributed by atoms with Crippen LogP contribution >= 0.6 is 11.6 Å². The number of carbonyl (C=O) groups is 4. The number of rotatable bonds is 4. The molecule has 34 heavy (non-hydrogen) atoms. The predicted molar refractivity (Wildman–Crippen MR) is 127 cm³/mol. The van der Waals surface area contributed by atoms with Gasteiger partial charge < -0.3 is 9.64 Å². The van der Waals surface area contributed by atoms with Gasteiger partial charge in [-0.05, 0) is 55.7 Å². The van der Waals surface area contributed by atoms with E-state index in [2.05, 4.69) is 0 Å². The Hall–Kier alpha value is -3.45. The summed E-state index contributed by atoms with van der Waals surface area (Å²) in [5.41, 5.74) is 1.73. The molecule has 8 heteroatoms. The fraction of sp³-hybridized carbons (Fsp3) is 0.308. The molecule has 3 amide bonds. The molecular weight excluding hydrogens is 456 g/mol. The molecule has 2 saturated heterocycles. The minimum Gasteiger partial charge on any atom is -0.426 e. The van der Waals surface area contributed by atoms with Crippen molar-refractivity contribution in [3.05, 3.63) is 65.2 Å². The van der Waals surface area contributed by atoms with E-state index in [0.29, 0.717) is 40.6 Å². The number of anilines is 2. The van der Waals surface area contributed by atoms with E-state index in [1.165, 1.54) is 9.80 Å². The number of carbonyl (C=O) groups excluding carboxylic acids is 4. The van der Waals surface area contributed by atoms with E-state index >= 15 is 0 Å². The van der Waals surface area contributed by atoms with Gasteiger partial charge in [0.25, 0.3) is 0 Å². The van der Waals surface area contributed by atoms with Crippen LogP contribution in [0.25, 0.3) is 0 Å². The molecular formula is C26H23ClN2O5. The standard InChI is InChI=1S/C26H23ClN2O5/c1-15-12-17(10-11-21(15)29-24(31)18-6-2-3-7-19(18)25(29)32)34-26(33)16-13-23(30)28(14-16)22-9-5-4-8-20(22)27/h2-5,8-12,16,18-19H,6-7,13-14H2,1H3/t16-,18-,19-/m1/s1. The summed E-state index contributed by atoms with van der Waals surface area (Å²) in [6.07, 6.45) is 5.09. The number of halogens is 1. The first-order chi connectivity index (χ1) is 16.3. The van der Waals surface area contributed by atoms with Gasteiger partial charge in [-0.25, -0.2) is 4.90 Å². The molecule has 2 fully saturated rings. The van der Waals surface area contributed by atoms with Crippen molar-refractivity contribution in [3.63, 3.8) is 0 Å². The summed E-state index contributed by atoms with van der Waals surface area (Å²) in [6.45, 7) is 1.96. The van der Waals surface area contributed by atoms with Crippen molar-refractivity contribution in [2.45, 2.75) is 26.2 Å². The first-order valence-corrected chi connectivity index (χ1v) is 11.6. The molecule has 1 aliphatic carbocycles. The van der Waals surface area contributed by atoms with E-state index in [4.69, 9.17) is 16.3 Å². The first-order valence-electron chi connectivity index (χ1n) is 11.2. The molecule has 0 N–H and O–H groups in total. The molecule has 174 valence electrons. The van der Waals surface area contributed by atoms with Gasteiger partial charge in [0.05, 0.1) is 34.2 Å². The highest BCUT2D eigenvalue weighted by molar-refractivity contribution is 6.34. The Bertz CT molecular complexity index is 1210. The lowest BCUT2D eigenvalue weighted by Gasteiger charge is -2.19. The molecule has 0 bridgehead atoms. The fourth-order valence-electron chi connectivity index (χ4n) is 4.95. The third-order valence-electron chi connectivity index (χ3n) is 6.74. The molecule has 2 aromatic rings. The van der Waals surface area contributed by atoms with Crippen molar-refractivity contribution < 1.29 is 23.9 Å². The van der Waals surface area contributed by atoms with E-state index in [0.717, 1.165) is 0 Å². The van der Waals surface area contributed by atoms with Crippen molar-refractivity contribution in [2.75, 3.05) is 16.3 Å². The summed E-state index contributed by atoms with van der Waals surface area (Å²) in [5.74, 6) is -2.02. The Labute approximate surface area is 201 Å². The topological polar surface area (TPSA) is 84.0 Å². The summed E-state index contributed by atoms with van der Waals surface area (Å²) in [7, 11) is 0. The van der Waals surface area contributed by atoms with Crippen LogP contribution in [0, 0.1) is 24.7 Å². The van der Waals surface area contributed by atoms with Crippen molar-refractivity contribution in [2.24, 2.45) is 17.8 Å². The van der Waals surface area contributed by atoms with Gasteiger partial charge in [0.15, 0.2) is 0 Å². The number of allylic oxidation sites excluding steroid dienone is 2. The SMILES string of the molecule is Cc1cc(OC(=O)[C@@H]2CC(=O)N(c3ccccc3Cl)C2)ccc1N1C(=O)[C@@H]2CC=CC[C@H]2C1=O. The van der Waals surface area contributed by atoms with Gasteiger partial charge in [0.2, 0.25) is 17.7 Å². The van der Waals surface area contributed by atoms with Gasteiger partial charge in [0.1, 0.15) is 5.75 Å². The minimum absolute atomic E-state index is 0.0364. The van der Waals surface area contributed by atoms with E-state index in [-0.39, 0.29) is 42.5 Å². The van der Waals surface area contributed by atoms with Crippen LogP contribution in [0.15, 0.2) is 54.6 Å². The largest absolute Gasteiger partial charge is 0.426 e. The average Bonchev–Trinajstić information content (AvgIpc) is 3.33. The fourth-order valence-corrected chi connectivity index (χ4v) is 5.19. The molecule has 3 atom stereocenters. The van der Waals surface area contributed by atoms with Crippen molar-refractivity contribution in [3.8, 4) is 5.75 Å². The highest BCUT2D eigenvalue weighted by atomic mass is 35.5. The highest BCUT2D eigenvalue weighted by Crippen LogP contribution is 2.39. The quantitative estimate of drug-likeness (QED) is 0.286. The molecule has 7 nitrogen and oxygen atoms in total. The summed E-state index contributed by atoms with van der Waals surface area (Å²) in [5, 5.41) is 0.442. The summed E-state index contributed by atoms with van der Waals surface area (Å²) in [6, 6.07) is 11.8. The summed E-state index contributed by atoms with van der Waals surface area (Å²) >= 11 is 6.21. The molecule has 0 spiro atoms. The smallest absolute Gasteiger partial charge is 0.316 e. The molecule has 0 radical (unpaired) electrons. The zero-order valence-corrected chi connectivity index (χ0v) is 19.3. The number of fused-ring (bicyclic) bond motifs is 1. The Kier molecular flexibility index (Phi) is 5.73. The second-order valence-electron chi connectivity index (χ2n) is 8.89. The van der Waals surface area contributed by atoms with E-state index in [1.807, 2.05) is 12.2 Å². The minimum atomic E-state index is -0.624. The van der Waals surface area contributed by atoms with Crippen LogP contribution in [-0.2, 0) is 19.2 Å². The zero-order valence-electron chi connectivity index (χ0n) is 18.6. The van der Waals surface area contributed by atoms with Crippen LogP contribution in [0.5, 0.6) is 5.75 Å². The van der Waals surface area contributed by atoms with Crippen LogP contribution in [0.2, 0.25) is 5.02 Å². The molecule has 0 aromatic heterocycles. The maximum Gasteiger partial charge on any atom is 0.316 e. The lowest BCUT2D eigenvalue weighted by atomic mass is 9.85. The number of benzene rings is 2. The van der Waals surface area contributed by atoms with Crippen molar-refractivity contribution in [1.29, 1.82) is 0 Å². The van der Waals surface area contributed by atoms with E-state index < -0.39 is 11.9 Å². The lowest BCUT2D eigenvalue weighted by molar-refractivity contribution is -0.139. The van der Waals surface area contributed by atoms with Crippen LogP contribution < -0.4 is 14.5 Å². The van der Waals surface area contributed by atoms with Gasteiger partial charge in [-0.2, -0.15) is 0 Å². The molecule has 3 aliphatic rings. The second-order valence-corrected chi connectivity index (χ2v) is 9.30. The van der Waals surface area contributed by atoms with Gasteiger partial charge in [-0.1, -0.05) is 35.9 Å². The van der Waals surface area contributed by atoms with Crippen molar-refractivity contribution >= 4 is 46.7 Å². The molecule has 0 saturated carbocycles. The monoisotopic (exact) mass is 478 g/mol. The number of hydrogen-bond acceptors (Lipinski definition) is 5. The molecule has 2 aliphatic heterocycles. The number of nitrogens with zero attached hydrogens (tertiary/aromatic N) is 2. The third-order valence-corrected chi connectivity index (χ3v) is 7.06. The predicted octanol–water partition coefficient (Wildman–Crippen LogP) is 4.06. The number of imide groups is 1. The number of para-hydroxylation sites is 1. The molecule has 5 rings (SSSR count). The van der Waals surface area contributed by atoms with Crippen LogP contribution in [0.3, 0.4) is 0 Å². The van der Waals surface area contributed by atoms with Crippen molar-refractivity contribution in [1.82, 2.24) is 0 Å². The second kappa shape index (κ2) is 8.72. The Morgan fingerprint density at radius 1 is 0.971 bits per heavy atom. The number of amides is 3. The maximum atomic E-state index is 12.9. The first kappa shape index (κ1) is 22.3. The van der Waals surface area contributed by atoms with Crippen LogP contribution in [0.4, 0.5) is 11.4 Å². The van der Waals surface area contributed by atoms with Gasteiger partial charge in [-0.15, -0.1) is 0 Å². The van der Waals surface area contributed by atoms with Gasteiger partial charge >= 0.3 is 5.97 Å². The average molecular weight is 479 g/mol. The van der Waals surface area contributed by atoms with Crippen LogP contribution in [-0.4, -0.2) is 30.2 Å². The maximum absolute atomic E-state index is 12.9. The molecule has 2 heterocycles. The van der Waals surface area contributed by atoms with Gasteiger partial charge in [0, 0.05) is 13.0 Å². The Balaban J connectivity index is 1.29. The van der Waals surface area contributed by atoms with E-state index in [9.17, 15) is 19.2 Å². The third kappa shape index (κ3) is 3.80. The number of ether oxygens (including phenoxy) is 1. The Morgan fingerprint density at radius 2 is 1.65 bits per heavy atom. The lowest BCUT2D eigenvalue weighted by Crippen LogP contribution is -2.31. The summed E-state index contributed by atoms with van der Waals surface area (Å²) < 4.78 is 5.56. The number of esters is 1. The normalized spacial score (nSPS) is 24.1. The highest BCUT2D eigenvalue weighted by Gasteiger charge is 2.48. The summed E-state index contributed by atoms with van der Waals surface area (Å²) in [4.78, 5) is 53.8. The Morgan fingerprint density at radius 3 is 2.29 bits per heavy atom. The number of hydrogen-bond donors (Lipinski definition) is 0. The van der Waals surface area contributed by atoms with Crippen LogP contribution in [0.1, 0.15) is 24.8 Å².